The molecule has 8 atom stereocenters. The molecule has 8 aliphatic rings. The standard InChI is InChI=1S/C74H62N2O12S4/c77-59-47-29-43-25-13-14-26-44(43)30-48(47)60(78)57(59)75-53-33-51-63(89-53)65-55(73(51,69(81)85-35-39-17-5-1-6-18-39)70(82)86-36-40-19-7-2-8-20-40)67-68(91-65)56-66(92-67)64-52(34-54(90-64)76-58-61(79)49-31-45-27-15-16-28-46(45)32-50(49)62(58)80)74(56,71(83)87-37-41-21-9-3-10-22-41)72(84)88-38-42-23-11-4-12-24-42/h1-12,17-24,33-34,43-50H,13-16,25-32,35-38H2. The van der Waals surface area contributed by atoms with Crippen LogP contribution in [0.2, 0.25) is 0 Å². The van der Waals surface area contributed by atoms with Gasteiger partial charge in [0.05, 0.1) is 28.9 Å². The molecule has 18 heteroatoms. The van der Waals surface area contributed by atoms with Crippen LogP contribution in [0.1, 0.15) is 122 Å². The molecule has 0 bridgehead atoms. The van der Waals surface area contributed by atoms with E-state index in [0.717, 1.165) is 74.0 Å². The van der Waals surface area contributed by atoms with Crippen molar-refractivity contribution < 1.29 is 57.3 Å². The van der Waals surface area contributed by atoms with E-state index in [-0.39, 0.29) is 93.2 Å². The van der Waals surface area contributed by atoms with Crippen LogP contribution in [0.3, 0.4) is 0 Å². The first-order valence-electron chi connectivity index (χ1n) is 32.0. The van der Waals surface area contributed by atoms with Gasteiger partial charge in [-0.2, -0.15) is 0 Å². The molecular weight excluding hydrogens is 1240 g/mol. The second kappa shape index (κ2) is 23.4. The van der Waals surface area contributed by atoms with Gasteiger partial charge in [-0.15, -0.1) is 45.3 Å². The van der Waals surface area contributed by atoms with Gasteiger partial charge in [-0.25, -0.2) is 9.98 Å². The first kappa shape index (κ1) is 58.9. The fourth-order valence-electron chi connectivity index (χ4n) is 16.6. The fraction of sp³-hybridized carbons (Fsp3) is 0.351. The van der Waals surface area contributed by atoms with Crippen molar-refractivity contribution in [1.82, 2.24) is 0 Å². The third-order valence-corrected chi connectivity index (χ3v) is 26.0. The highest BCUT2D eigenvalue weighted by atomic mass is 32.1. The van der Waals surface area contributed by atoms with Gasteiger partial charge in [-0.3, -0.25) is 38.4 Å². The van der Waals surface area contributed by atoms with Crippen LogP contribution in [0.15, 0.2) is 143 Å². The summed E-state index contributed by atoms with van der Waals surface area (Å²) in [6.07, 6.45) is 11.1. The minimum absolute atomic E-state index is 0.131. The third-order valence-electron chi connectivity index (χ3n) is 21.1. The Labute approximate surface area is 546 Å². The maximum atomic E-state index is 16.1. The zero-order valence-corrected chi connectivity index (χ0v) is 53.3. The van der Waals surface area contributed by atoms with Gasteiger partial charge in [0.25, 0.3) is 0 Å². The molecule has 0 N–H and O–H groups in total. The molecule has 0 spiro atoms. The second-order valence-corrected chi connectivity index (χ2v) is 30.1. The SMILES string of the molecule is O=C1C(=Nc2cc3c(s2)-c2sc4c5c(sc4c2C3(C(=O)OCc2ccccc2)C(=O)OCc2ccccc2)-c2sc(N=C3C(=O)C4CC6CCCCC6CC4C3=O)cc2C5(C(=O)OCc2ccccc2)C(=O)OCc2ccccc2)C(=O)C2CC3CCCCC3CC12. The maximum Gasteiger partial charge on any atom is 0.333 e. The molecule has 0 radical (unpaired) electrons. The van der Waals surface area contributed by atoms with Gasteiger partial charge >= 0.3 is 23.9 Å². The molecule has 14 nitrogen and oxygen atoms in total. The maximum absolute atomic E-state index is 16.1. The fourth-order valence-corrected chi connectivity index (χ4v) is 22.2. The molecule has 8 aliphatic carbocycles. The molecule has 4 heterocycles. The molecule has 464 valence electrons. The minimum Gasteiger partial charge on any atom is -0.459 e. The molecule has 6 saturated carbocycles. The van der Waals surface area contributed by atoms with E-state index in [9.17, 15) is 19.2 Å². The normalized spacial score (nSPS) is 24.3. The van der Waals surface area contributed by atoms with Gasteiger partial charge in [-0.1, -0.05) is 173 Å². The van der Waals surface area contributed by atoms with Crippen molar-refractivity contribution >= 4 is 123 Å². The van der Waals surface area contributed by atoms with Gasteiger partial charge in [0.2, 0.25) is 10.8 Å². The Hall–Kier alpha value is -8.16. The first-order chi connectivity index (χ1) is 44.9. The third kappa shape index (κ3) is 9.45. The van der Waals surface area contributed by atoms with Crippen molar-refractivity contribution in [2.75, 3.05) is 0 Å². The summed E-state index contributed by atoms with van der Waals surface area (Å²) in [5, 5.41) is 0.450. The lowest BCUT2D eigenvalue weighted by atomic mass is 9.64. The van der Waals surface area contributed by atoms with E-state index in [1.54, 1.807) is 60.7 Å². The second-order valence-electron chi connectivity index (χ2n) is 26.0. The molecule has 4 aromatic carbocycles. The largest absolute Gasteiger partial charge is 0.459 e. The zero-order valence-electron chi connectivity index (χ0n) is 50.1. The molecule has 6 fully saturated rings. The number of ketones is 4. The van der Waals surface area contributed by atoms with Gasteiger partial charge in [0, 0.05) is 45.9 Å². The van der Waals surface area contributed by atoms with Crippen LogP contribution in [0.4, 0.5) is 10.0 Å². The summed E-state index contributed by atoms with van der Waals surface area (Å²) in [6, 6.07) is 39.5. The van der Waals surface area contributed by atoms with Crippen molar-refractivity contribution in [3.05, 3.63) is 178 Å². The smallest absolute Gasteiger partial charge is 0.333 e. The van der Waals surface area contributed by atoms with Crippen LogP contribution >= 0.6 is 45.3 Å². The summed E-state index contributed by atoms with van der Waals surface area (Å²) in [4.78, 5) is 134. The lowest BCUT2D eigenvalue weighted by molar-refractivity contribution is -0.166. The van der Waals surface area contributed by atoms with Crippen LogP contribution < -0.4 is 0 Å². The number of benzene rings is 4. The van der Waals surface area contributed by atoms with Crippen LogP contribution in [0, 0.1) is 47.3 Å². The molecular formula is C74H62N2O12S4. The number of carbonyl (C=O) groups excluding carboxylic acids is 8. The Bertz CT molecular complexity index is 3980. The van der Waals surface area contributed by atoms with Gasteiger partial charge in [-0.05, 0) is 83.7 Å². The van der Waals surface area contributed by atoms with Crippen molar-refractivity contribution in [2.45, 2.75) is 114 Å². The summed E-state index contributed by atoms with van der Waals surface area (Å²) in [7, 11) is 0. The molecule has 8 aromatic rings. The van der Waals surface area contributed by atoms with E-state index < -0.39 is 58.4 Å². The average molecular weight is 1300 g/mol. The van der Waals surface area contributed by atoms with Gasteiger partial charge in [0.15, 0.2) is 34.6 Å². The Morgan fingerprint density at radius 1 is 0.380 bits per heavy atom. The first-order valence-corrected chi connectivity index (χ1v) is 35.2. The lowest BCUT2D eigenvalue weighted by Crippen LogP contribution is -2.46. The van der Waals surface area contributed by atoms with Gasteiger partial charge < -0.3 is 18.9 Å². The Morgan fingerprint density at radius 3 is 0.924 bits per heavy atom. The number of nitrogens with zero attached hydrogens (tertiary/aromatic N) is 2. The number of hydrogen-bond acceptors (Lipinski definition) is 18. The van der Waals surface area contributed by atoms with Crippen molar-refractivity contribution in [3.8, 4) is 19.5 Å². The van der Waals surface area contributed by atoms with Crippen LogP contribution in [0.25, 0.3) is 28.9 Å². The number of fused-ring (bicyclic) bond motifs is 13. The molecule has 0 amide bonds. The van der Waals surface area contributed by atoms with Crippen LogP contribution in [0.5, 0.6) is 0 Å². The number of hydrogen-bond donors (Lipinski definition) is 0. The monoisotopic (exact) mass is 1300 g/mol. The molecule has 0 aliphatic heterocycles. The number of ether oxygens (including phenoxy) is 4. The molecule has 4 aromatic heterocycles. The topological polar surface area (TPSA) is 198 Å². The van der Waals surface area contributed by atoms with Gasteiger partial charge in [0.1, 0.15) is 36.4 Å². The van der Waals surface area contributed by atoms with E-state index in [1.807, 2.05) is 72.8 Å². The Kier molecular flexibility index (Phi) is 15.0. The summed E-state index contributed by atoms with van der Waals surface area (Å²) < 4.78 is 26.2. The number of thiophene rings is 4. The average Bonchev–Trinajstić information content (AvgIpc) is 1.49. The van der Waals surface area contributed by atoms with E-state index >= 15 is 19.2 Å². The van der Waals surface area contributed by atoms with Crippen LogP contribution in [-0.2, 0) is 94.6 Å². The van der Waals surface area contributed by atoms with E-state index in [4.69, 9.17) is 28.9 Å². The predicted octanol–water partition coefficient (Wildman–Crippen LogP) is 14.7. The lowest BCUT2D eigenvalue weighted by Gasteiger charge is -2.39. The van der Waals surface area contributed by atoms with Crippen molar-refractivity contribution in [1.29, 1.82) is 0 Å². The number of aliphatic imine (C=N–C) groups is 2. The highest BCUT2D eigenvalue weighted by Crippen LogP contribution is 2.68. The van der Waals surface area contributed by atoms with E-state index in [2.05, 4.69) is 0 Å². The molecule has 0 saturated heterocycles. The summed E-state index contributed by atoms with van der Waals surface area (Å²) in [5.74, 6) is -5.34. The zero-order chi connectivity index (χ0) is 62.6. The number of rotatable bonds is 14. The van der Waals surface area contributed by atoms with Crippen molar-refractivity contribution in [2.24, 2.45) is 57.3 Å². The summed E-state index contributed by atoms with van der Waals surface area (Å²) in [6.45, 7) is -0.943. The number of esters is 4. The van der Waals surface area contributed by atoms with E-state index in [0.29, 0.717) is 101 Å². The van der Waals surface area contributed by atoms with E-state index in [1.165, 1.54) is 22.7 Å². The Morgan fingerprint density at radius 2 is 0.652 bits per heavy atom. The highest BCUT2D eigenvalue weighted by molar-refractivity contribution is 7.35. The minimum atomic E-state index is -2.40. The molecule has 8 unspecified atom stereocenters. The molecule has 16 rings (SSSR count). The highest BCUT2D eigenvalue weighted by Gasteiger charge is 2.66. The predicted molar refractivity (Wildman–Crippen MR) is 350 cm³/mol. The summed E-state index contributed by atoms with van der Waals surface area (Å²) in [5.41, 5.74) is -1.69. The number of carbonyl (C=O) groups is 8. The van der Waals surface area contributed by atoms with Crippen molar-refractivity contribution in [3.63, 3.8) is 0 Å². The molecule has 92 heavy (non-hydrogen) atoms. The quantitative estimate of drug-likeness (QED) is 0.0568. The Balaban J connectivity index is 0.895. The number of Topliss-reactive ketones (excluding diaryl/α,β-unsaturated/α-hetero) is 4. The van der Waals surface area contributed by atoms with Crippen LogP contribution in [-0.4, -0.2) is 58.4 Å². The summed E-state index contributed by atoms with van der Waals surface area (Å²) >= 11 is 4.61.